The number of hydrogen-bond acceptors (Lipinski definition) is 2. The molecule has 2 nitrogen and oxygen atoms in total. The fraction of sp³-hybridized carbons (Fsp3) is 0.368. The molecular weight excluding hydrogens is 260 g/mol. The van der Waals surface area contributed by atoms with Crippen molar-refractivity contribution < 1.29 is 9.47 Å². The lowest BCUT2D eigenvalue weighted by Crippen LogP contribution is -2.13. The molecule has 0 N–H and O–H groups in total. The lowest BCUT2D eigenvalue weighted by Gasteiger charge is -2.26. The van der Waals surface area contributed by atoms with Crippen LogP contribution in [0, 0.1) is 6.92 Å². The second-order valence-electron chi connectivity index (χ2n) is 5.80. The van der Waals surface area contributed by atoms with Crippen molar-refractivity contribution in [2.24, 2.45) is 0 Å². The molecule has 0 aliphatic heterocycles. The average molecular weight is 282 g/mol. The molecule has 3 rings (SSSR count). The zero-order valence-corrected chi connectivity index (χ0v) is 13.0. The summed E-state index contributed by atoms with van der Waals surface area (Å²) in [6.07, 6.45) is 3.45. The van der Waals surface area contributed by atoms with Crippen LogP contribution in [0.4, 0.5) is 0 Å². The topological polar surface area (TPSA) is 18.5 Å². The summed E-state index contributed by atoms with van der Waals surface area (Å²) in [5, 5.41) is 0. The minimum absolute atomic E-state index is 0.608. The summed E-state index contributed by atoms with van der Waals surface area (Å²) >= 11 is 0. The second-order valence-corrected chi connectivity index (χ2v) is 5.80. The van der Waals surface area contributed by atoms with Gasteiger partial charge < -0.3 is 9.47 Å². The van der Waals surface area contributed by atoms with Crippen molar-refractivity contribution in [3.05, 3.63) is 58.7 Å². The first-order valence-corrected chi connectivity index (χ1v) is 7.51. The Morgan fingerprint density at radius 1 is 0.905 bits per heavy atom. The second kappa shape index (κ2) is 5.80. The highest BCUT2D eigenvalue weighted by atomic mass is 16.5. The Balaban J connectivity index is 1.86. The van der Waals surface area contributed by atoms with Crippen molar-refractivity contribution >= 4 is 0 Å². The Bertz CT molecular complexity index is 646. The Hall–Kier alpha value is -1.96. The molecule has 0 amide bonds. The molecular formula is C19H22O2. The molecule has 21 heavy (non-hydrogen) atoms. The van der Waals surface area contributed by atoms with E-state index >= 15 is 0 Å². The summed E-state index contributed by atoms with van der Waals surface area (Å²) in [7, 11) is 3.45. The molecule has 1 aliphatic carbocycles. The zero-order valence-electron chi connectivity index (χ0n) is 13.0. The van der Waals surface area contributed by atoms with Crippen LogP contribution in [0.25, 0.3) is 0 Å². The van der Waals surface area contributed by atoms with Crippen molar-refractivity contribution in [2.45, 2.75) is 32.1 Å². The maximum atomic E-state index is 5.32. The summed E-state index contributed by atoms with van der Waals surface area (Å²) < 4.78 is 10.6. The Morgan fingerprint density at radius 3 is 2.33 bits per heavy atom. The molecule has 0 bridgehead atoms. The number of ether oxygens (including phenoxy) is 2. The van der Waals surface area contributed by atoms with Gasteiger partial charge in [-0.2, -0.15) is 0 Å². The van der Waals surface area contributed by atoms with Gasteiger partial charge in [-0.3, -0.25) is 0 Å². The van der Waals surface area contributed by atoms with Gasteiger partial charge in [0.1, 0.15) is 11.5 Å². The van der Waals surface area contributed by atoms with Crippen molar-refractivity contribution in [3.63, 3.8) is 0 Å². The fourth-order valence-electron chi connectivity index (χ4n) is 3.36. The quantitative estimate of drug-likeness (QED) is 0.836. The van der Waals surface area contributed by atoms with E-state index in [2.05, 4.69) is 43.3 Å². The van der Waals surface area contributed by atoms with E-state index in [0.29, 0.717) is 5.92 Å². The van der Waals surface area contributed by atoms with Crippen LogP contribution in [0.3, 0.4) is 0 Å². The molecule has 110 valence electrons. The van der Waals surface area contributed by atoms with Gasteiger partial charge in [0.05, 0.1) is 14.2 Å². The van der Waals surface area contributed by atoms with Gasteiger partial charge >= 0.3 is 0 Å². The molecule has 1 unspecified atom stereocenters. The van der Waals surface area contributed by atoms with E-state index in [1.54, 1.807) is 14.2 Å². The number of fused-ring (bicyclic) bond motifs is 1. The first kappa shape index (κ1) is 14.0. The molecule has 2 aromatic rings. The lowest BCUT2D eigenvalue weighted by molar-refractivity contribution is 0.412. The Morgan fingerprint density at radius 2 is 1.62 bits per heavy atom. The summed E-state index contributed by atoms with van der Waals surface area (Å²) in [4.78, 5) is 0. The summed E-state index contributed by atoms with van der Waals surface area (Å²) in [5.74, 6) is 2.52. The lowest BCUT2D eigenvalue weighted by atomic mass is 9.79. The van der Waals surface area contributed by atoms with Gasteiger partial charge in [-0.15, -0.1) is 0 Å². The van der Waals surface area contributed by atoms with Gasteiger partial charge in [0, 0.05) is 0 Å². The van der Waals surface area contributed by atoms with Crippen LogP contribution in [-0.2, 0) is 12.8 Å². The van der Waals surface area contributed by atoms with Crippen LogP contribution in [0.1, 0.15) is 34.6 Å². The van der Waals surface area contributed by atoms with Gasteiger partial charge in [0.15, 0.2) is 0 Å². The van der Waals surface area contributed by atoms with Crippen LogP contribution in [-0.4, -0.2) is 14.2 Å². The van der Waals surface area contributed by atoms with E-state index in [9.17, 15) is 0 Å². The monoisotopic (exact) mass is 282 g/mol. The maximum Gasteiger partial charge on any atom is 0.119 e. The van der Waals surface area contributed by atoms with Crippen molar-refractivity contribution in [1.29, 1.82) is 0 Å². The third-order valence-corrected chi connectivity index (χ3v) is 4.56. The van der Waals surface area contributed by atoms with Crippen molar-refractivity contribution in [1.82, 2.24) is 0 Å². The number of methoxy groups -OCH3 is 2. The average Bonchev–Trinajstić information content (AvgIpc) is 2.53. The first-order chi connectivity index (χ1) is 10.2. The van der Waals surface area contributed by atoms with Gasteiger partial charge in [0.2, 0.25) is 0 Å². The molecule has 0 saturated carbocycles. The smallest absolute Gasteiger partial charge is 0.119 e. The fourth-order valence-corrected chi connectivity index (χ4v) is 3.36. The summed E-state index contributed by atoms with van der Waals surface area (Å²) in [6.45, 7) is 2.18. The molecule has 1 aliphatic rings. The predicted molar refractivity (Wildman–Crippen MR) is 85.5 cm³/mol. The molecule has 0 saturated heterocycles. The molecule has 0 fully saturated rings. The van der Waals surface area contributed by atoms with E-state index in [0.717, 1.165) is 24.3 Å². The Labute approximate surface area is 126 Å². The van der Waals surface area contributed by atoms with Gasteiger partial charge in [-0.1, -0.05) is 12.1 Å². The minimum atomic E-state index is 0.608. The van der Waals surface area contributed by atoms with Crippen molar-refractivity contribution in [3.8, 4) is 11.5 Å². The van der Waals surface area contributed by atoms with Crippen LogP contribution >= 0.6 is 0 Å². The Kier molecular flexibility index (Phi) is 3.87. The molecule has 0 spiro atoms. The van der Waals surface area contributed by atoms with Crippen LogP contribution < -0.4 is 9.47 Å². The number of hydrogen-bond donors (Lipinski definition) is 0. The van der Waals surface area contributed by atoms with E-state index in [1.165, 1.54) is 28.7 Å². The van der Waals surface area contributed by atoms with Gasteiger partial charge in [0.25, 0.3) is 0 Å². The van der Waals surface area contributed by atoms with E-state index in [1.807, 2.05) is 0 Å². The third kappa shape index (κ3) is 2.76. The van der Waals surface area contributed by atoms with Crippen LogP contribution in [0.5, 0.6) is 11.5 Å². The zero-order chi connectivity index (χ0) is 14.8. The molecule has 0 heterocycles. The highest BCUT2D eigenvalue weighted by molar-refractivity contribution is 5.42. The number of rotatable bonds is 3. The van der Waals surface area contributed by atoms with E-state index in [4.69, 9.17) is 9.47 Å². The molecule has 0 aromatic heterocycles. The van der Waals surface area contributed by atoms with Crippen LogP contribution in [0.2, 0.25) is 0 Å². The summed E-state index contributed by atoms with van der Waals surface area (Å²) in [5.41, 5.74) is 5.69. The maximum absolute atomic E-state index is 5.32. The SMILES string of the molecule is COc1ccc(C2CCc3cc(OC)ccc3C2)c(C)c1. The third-order valence-electron chi connectivity index (χ3n) is 4.56. The number of benzene rings is 2. The summed E-state index contributed by atoms with van der Waals surface area (Å²) in [6, 6.07) is 12.9. The standard InChI is InChI=1S/C19H22O2/c1-13-10-17(20-2)8-9-19(13)16-5-4-15-12-18(21-3)7-6-14(15)11-16/h6-10,12,16H,4-5,11H2,1-3H3. The minimum Gasteiger partial charge on any atom is -0.497 e. The molecule has 0 radical (unpaired) electrons. The largest absolute Gasteiger partial charge is 0.497 e. The van der Waals surface area contributed by atoms with E-state index < -0.39 is 0 Å². The van der Waals surface area contributed by atoms with E-state index in [-0.39, 0.29) is 0 Å². The predicted octanol–water partition coefficient (Wildman–Crippen LogP) is 4.28. The highest BCUT2D eigenvalue weighted by Crippen LogP contribution is 2.36. The normalized spacial score (nSPS) is 17.2. The van der Waals surface area contributed by atoms with Gasteiger partial charge in [-0.05, 0) is 78.6 Å². The molecule has 2 heteroatoms. The molecule has 2 aromatic carbocycles. The van der Waals surface area contributed by atoms with Crippen molar-refractivity contribution in [2.75, 3.05) is 14.2 Å². The highest BCUT2D eigenvalue weighted by Gasteiger charge is 2.21. The number of aryl methyl sites for hydroxylation is 2. The molecule has 1 atom stereocenters. The van der Waals surface area contributed by atoms with Gasteiger partial charge in [-0.25, -0.2) is 0 Å². The first-order valence-electron chi connectivity index (χ1n) is 7.51. The van der Waals surface area contributed by atoms with Crippen LogP contribution in [0.15, 0.2) is 36.4 Å².